The van der Waals surface area contributed by atoms with Crippen LogP contribution in [0, 0.1) is 5.82 Å². The number of ether oxygens (including phenoxy) is 1. The molecule has 23 heavy (non-hydrogen) atoms. The summed E-state index contributed by atoms with van der Waals surface area (Å²) in [4.78, 5) is 0. The Kier molecular flexibility index (Phi) is 4.16. The minimum Gasteiger partial charge on any atom is -0.406 e. The van der Waals surface area contributed by atoms with Crippen molar-refractivity contribution in [3.05, 3.63) is 29.6 Å². The van der Waals surface area contributed by atoms with Crippen LogP contribution in [0.25, 0.3) is 0 Å². The molecule has 0 radical (unpaired) electrons. The molecule has 0 aromatic heterocycles. The van der Waals surface area contributed by atoms with Gasteiger partial charge in [-0.2, -0.15) is 0 Å². The molecule has 1 aromatic carbocycles. The Hall–Kier alpha value is -1.15. The molecule has 2 saturated heterocycles. The summed E-state index contributed by atoms with van der Waals surface area (Å²) in [6.45, 7) is 0. The molecule has 128 valence electrons. The van der Waals surface area contributed by atoms with E-state index in [-0.39, 0.29) is 28.9 Å². The minimum absolute atomic E-state index is 0.0550. The van der Waals surface area contributed by atoms with E-state index in [0.717, 1.165) is 18.6 Å². The van der Waals surface area contributed by atoms with Gasteiger partial charge in [0, 0.05) is 32.9 Å². The summed E-state index contributed by atoms with van der Waals surface area (Å²) in [5.41, 5.74) is -1.55. The zero-order chi connectivity index (χ0) is 16.8. The summed E-state index contributed by atoms with van der Waals surface area (Å²) in [5, 5.41) is 10.4. The highest BCUT2D eigenvalue weighted by Crippen LogP contribution is 2.45. The van der Waals surface area contributed by atoms with E-state index in [4.69, 9.17) is 0 Å². The standard InChI is InChI=1S/C15H16F4O3S/c16-13-6-9(22-15(17,18)19)4-5-12(13)14(20)7-10-2-1-3-11(8-14)23(10)21/h4-6,10-11,20H,1-3,7-8H2. The molecule has 8 heteroatoms. The van der Waals surface area contributed by atoms with E-state index in [1.54, 1.807) is 0 Å². The van der Waals surface area contributed by atoms with Crippen LogP contribution in [0.4, 0.5) is 17.6 Å². The van der Waals surface area contributed by atoms with Gasteiger partial charge < -0.3 is 9.84 Å². The predicted octanol–water partition coefficient (Wildman–Crippen LogP) is 3.38. The summed E-state index contributed by atoms with van der Waals surface area (Å²) in [6.07, 6.45) is -2.23. The molecule has 2 heterocycles. The van der Waals surface area contributed by atoms with Crippen LogP contribution in [-0.2, 0) is 16.4 Å². The van der Waals surface area contributed by atoms with Gasteiger partial charge in [0.05, 0.1) is 5.60 Å². The van der Waals surface area contributed by atoms with Crippen molar-refractivity contribution in [2.45, 2.75) is 54.6 Å². The lowest BCUT2D eigenvalue weighted by Gasteiger charge is -2.43. The Morgan fingerprint density at radius 1 is 1.22 bits per heavy atom. The first-order valence-electron chi connectivity index (χ1n) is 7.35. The molecule has 2 unspecified atom stereocenters. The number of hydrogen-bond acceptors (Lipinski definition) is 3. The molecule has 2 fully saturated rings. The maximum Gasteiger partial charge on any atom is 0.573 e. The van der Waals surface area contributed by atoms with Crippen molar-refractivity contribution < 1.29 is 31.6 Å². The van der Waals surface area contributed by atoms with Gasteiger partial charge in [-0.3, -0.25) is 4.21 Å². The topological polar surface area (TPSA) is 46.5 Å². The van der Waals surface area contributed by atoms with Gasteiger partial charge in [-0.25, -0.2) is 4.39 Å². The van der Waals surface area contributed by atoms with E-state index in [1.807, 2.05) is 0 Å². The Balaban J connectivity index is 1.88. The number of benzene rings is 1. The first-order chi connectivity index (χ1) is 10.7. The van der Waals surface area contributed by atoms with E-state index in [2.05, 4.69) is 4.74 Å². The van der Waals surface area contributed by atoms with Crippen molar-refractivity contribution in [1.82, 2.24) is 0 Å². The molecule has 0 amide bonds. The largest absolute Gasteiger partial charge is 0.573 e. The Bertz CT molecular complexity index is 616. The lowest BCUT2D eigenvalue weighted by molar-refractivity contribution is -0.274. The zero-order valence-electron chi connectivity index (χ0n) is 12.1. The fourth-order valence-corrected chi connectivity index (χ4v) is 5.80. The summed E-state index contributed by atoms with van der Waals surface area (Å²) in [7, 11) is -1.04. The van der Waals surface area contributed by atoms with Gasteiger partial charge in [0.1, 0.15) is 11.6 Å². The third-order valence-corrected chi connectivity index (χ3v) is 6.63. The van der Waals surface area contributed by atoms with Crippen molar-refractivity contribution >= 4 is 10.8 Å². The smallest absolute Gasteiger partial charge is 0.406 e. The third kappa shape index (κ3) is 3.38. The van der Waals surface area contributed by atoms with Gasteiger partial charge in [-0.15, -0.1) is 13.2 Å². The molecule has 0 saturated carbocycles. The highest BCUT2D eigenvalue weighted by Gasteiger charge is 2.47. The molecule has 1 aromatic rings. The summed E-state index contributed by atoms with van der Waals surface area (Å²) >= 11 is 0. The van der Waals surface area contributed by atoms with E-state index < -0.39 is 34.3 Å². The van der Waals surface area contributed by atoms with Crippen LogP contribution < -0.4 is 4.74 Å². The molecule has 2 atom stereocenters. The molecule has 2 aliphatic rings. The zero-order valence-corrected chi connectivity index (χ0v) is 12.9. The monoisotopic (exact) mass is 352 g/mol. The van der Waals surface area contributed by atoms with Crippen LogP contribution in [0.5, 0.6) is 5.75 Å². The SMILES string of the molecule is O=S1C2CCCC1CC(O)(c1ccc(OC(F)(F)F)cc1F)C2. The van der Waals surface area contributed by atoms with Gasteiger partial charge >= 0.3 is 6.36 Å². The van der Waals surface area contributed by atoms with Crippen molar-refractivity contribution in [3.63, 3.8) is 0 Å². The molecule has 2 bridgehead atoms. The fourth-order valence-electron chi connectivity index (χ4n) is 3.57. The second-order valence-electron chi connectivity index (χ2n) is 6.13. The maximum atomic E-state index is 14.2. The molecule has 0 aliphatic carbocycles. The molecular weight excluding hydrogens is 336 g/mol. The first kappa shape index (κ1) is 16.7. The summed E-state index contributed by atoms with van der Waals surface area (Å²) < 4.78 is 66.6. The van der Waals surface area contributed by atoms with Crippen LogP contribution in [0.2, 0.25) is 0 Å². The Labute approximate surface area is 133 Å². The number of alkyl halides is 3. The van der Waals surface area contributed by atoms with Crippen LogP contribution in [0.3, 0.4) is 0 Å². The number of aliphatic hydroxyl groups is 1. The quantitative estimate of drug-likeness (QED) is 0.830. The van der Waals surface area contributed by atoms with Gasteiger partial charge in [0.25, 0.3) is 0 Å². The predicted molar refractivity (Wildman–Crippen MR) is 75.8 cm³/mol. The van der Waals surface area contributed by atoms with Crippen molar-refractivity contribution in [2.24, 2.45) is 0 Å². The molecular formula is C15H16F4O3S. The third-order valence-electron chi connectivity index (χ3n) is 4.52. The highest BCUT2D eigenvalue weighted by molar-refractivity contribution is 7.86. The van der Waals surface area contributed by atoms with Crippen LogP contribution in [0.1, 0.15) is 37.7 Å². The van der Waals surface area contributed by atoms with E-state index in [0.29, 0.717) is 18.9 Å². The van der Waals surface area contributed by atoms with E-state index >= 15 is 0 Å². The summed E-state index contributed by atoms with van der Waals surface area (Å²) in [5.74, 6) is -1.61. The average Bonchev–Trinajstić information content (AvgIpc) is 2.39. The second kappa shape index (κ2) is 5.73. The fraction of sp³-hybridized carbons (Fsp3) is 0.600. The average molecular weight is 352 g/mol. The molecule has 0 spiro atoms. The van der Waals surface area contributed by atoms with Crippen molar-refractivity contribution in [1.29, 1.82) is 0 Å². The molecule has 1 N–H and O–H groups in total. The Morgan fingerprint density at radius 2 is 1.83 bits per heavy atom. The van der Waals surface area contributed by atoms with E-state index in [1.165, 1.54) is 0 Å². The van der Waals surface area contributed by atoms with E-state index in [9.17, 15) is 26.9 Å². The van der Waals surface area contributed by atoms with Gasteiger partial charge in [0.2, 0.25) is 0 Å². The Morgan fingerprint density at radius 3 is 2.35 bits per heavy atom. The maximum absolute atomic E-state index is 14.2. The number of hydrogen-bond donors (Lipinski definition) is 1. The van der Waals surface area contributed by atoms with Crippen molar-refractivity contribution in [3.8, 4) is 5.75 Å². The second-order valence-corrected chi connectivity index (χ2v) is 8.12. The highest BCUT2D eigenvalue weighted by atomic mass is 32.2. The minimum atomic E-state index is -4.90. The van der Waals surface area contributed by atoms with Crippen LogP contribution in [-0.4, -0.2) is 26.2 Å². The molecule has 2 aliphatic heterocycles. The molecule has 3 nitrogen and oxygen atoms in total. The van der Waals surface area contributed by atoms with Gasteiger partial charge in [-0.05, 0) is 37.8 Å². The lowest BCUT2D eigenvalue weighted by Crippen LogP contribution is -2.47. The van der Waals surface area contributed by atoms with Crippen LogP contribution >= 0.6 is 0 Å². The number of fused-ring (bicyclic) bond motifs is 2. The summed E-state index contributed by atoms with van der Waals surface area (Å²) in [6, 6.07) is 2.74. The normalized spacial score (nSPS) is 34.2. The van der Waals surface area contributed by atoms with Crippen molar-refractivity contribution in [2.75, 3.05) is 0 Å². The van der Waals surface area contributed by atoms with Crippen LogP contribution in [0.15, 0.2) is 18.2 Å². The first-order valence-corrected chi connectivity index (χ1v) is 8.63. The van der Waals surface area contributed by atoms with Gasteiger partial charge in [-0.1, -0.05) is 6.42 Å². The van der Waals surface area contributed by atoms with Gasteiger partial charge in [0.15, 0.2) is 0 Å². The lowest BCUT2D eigenvalue weighted by atomic mass is 9.80. The number of rotatable bonds is 2. The number of halogens is 4. The molecule has 3 rings (SSSR count).